The Balaban J connectivity index is 2.06. The van der Waals surface area contributed by atoms with Crippen LogP contribution in [0.1, 0.15) is 6.42 Å². The van der Waals surface area contributed by atoms with E-state index in [1.54, 1.807) is 0 Å². The number of aliphatic carboxylic acids is 1. The molecule has 0 aliphatic heterocycles. The van der Waals surface area contributed by atoms with Crippen molar-refractivity contribution in [1.29, 1.82) is 0 Å². The van der Waals surface area contributed by atoms with Crippen LogP contribution < -0.4 is 5.32 Å². The number of carboxylic acids is 1. The predicted octanol–water partition coefficient (Wildman–Crippen LogP) is 2.96. The summed E-state index contributed by atoms with van der Waals surface area (Å²) >= 11 is -0.322. The molecule has 1 amide bonds. The van der Waals surface area contributed by atoms with Crippen molar-refractivity contribution >= 4 is 29.3 Å². The van der Waals surface area contributed by atoms with Crippen molar-refractivity contribution in [2.45, 2.75) is 16.8 Å². The van der Waals surface area contributed by atoms with E-state index in [2.05, 4.69) is 5.32 Å². The van der Waals surface area contributed by atoms with Gasteiger partial charge in [0.1, 0.15) is 0 Å². The van der Waals surface area contributed by atoms with Gasteiger partial charge in [0.15, 0.2) is 0 Å². The number of carbonyl (C=O) groups excluding carboxylic acids is 1. The minimum absolute atomic E-state index is 0.0378. The fourth-order valence-corrected chi connectivity index (χ4v) is 2.39. The number of rotatable bonds is 4. The highest BCUT2D eigenvalue weighted by atomic mass is 32.2. The van der Waals surface area contributed by atoms with Crippen LogP contribution in [0, 0.1) is 11.8 Å². The molecule has 0 bridgehead atoms. The third-order valence-corrected chi connectivity index (χ3v) is 3.62. The molecule has 0 heterocycles. The van der Waals surface area contributed by atoms with E-state index in [1.807, 2.05) is 0 Å². The zero-order chi connectivity index (χ0) is 14.9. The van der Waals surface area contributed by atoms with E-state index < -0.39 is 29.2 Å². The number of anilines is 1. The first kappa shape index (κ1) is 14.7. The first-order chi connectivity index (χ1) is 9.28. The highest BCUT2D eigenvalue weighted by Gasteiger charge is 2.48. The Labute approximate surface area is 116 Å². The average Bonchev–Trinajstić information content (AvgIpc) is 3.09. The lowest BCUT2D eigenvalue weighted by Crippen LogP contribution is -2.17. The lowest BCUT2D eigenvalue weighted by atomic mass is 10.2. The van der Waals surface area contributed by atoms with Gasteiger partial charge in [-0.2, -0.15) is 13.2 Å². The molecule has 8 heteroatoms. The zero-order valence-corrected chi connectivity index (χ0v) is 10.8. The second-order valence-electron chi connectivity index (χ2n) is 4.32. The third-order valence-electron chi connectivity index (χ3n) is 2.82. The monoisotopic (exact) mass is 305 g/mol. The number of halogens is 3. The van der Waals surface area contributed by atoms with Crippen LogP contribution in [0.4, 0.5) is 18.9 Å². The molecular weight excluding hydrogens is 295 g/mol. The Kier molecular flexibility index (Phi) is 3.94. The minimum Gasteiger partial charge on any atom is -0.481 e. The molecule has 1 saturated carbocycles. The van der Waals surface area contributed by atoms with Crippen LogP contribution in [-0.2, 0) is 9.59 Å². The van der Waals surface area contributed by atoms with Crippen LogP contribution in [0.2, 0.25) is 0 Å². The molecular formula is C12H10F3NO3S. The maximum Gasteiger partial charge on any atom is 0.446 e. The van der Waals surface area contributed by atoms with Gasteiger partial charge in [-0.25, -0.2) is 0 Å². The molecule has 1 aliphatic carbocycles. The molecule has 2 N–H and O–H groups in total. The first-order valence-corrected chi connectivity index (χ1v) is 6.48. The van der Waals surface area contributed by atoms with Gasteiger partial charge in [0.25, 0.3) is 0 Å². The summed E-state index contributed by atoms with van der Waals surface area (Å²) in [6.07, 6.45) is 0.218. The molecule has 2 unspecified atom stereocenters. The maximum absolute atomic E-state index is 12.4. The fourth-order valence-electron chi connectivity index (χ4n) is 1.77. The Morgan fingerprint density at radius 1 is 1.25 bits per heavy atom. The number of benzene rings is 1. The summed E-state index contributed by atoms with van der Waals surface area (Å²) in [6.45, 7) is 0. The molecule has 2 rings (SSSR count). The SMILES string of the molecule is O=C(O)C1CC1C(=O)Nc1ccccc1SC(F)(F)F. The van der Waals surface area contributed by atoms with Crippen molar-refractivity contribution in [3.8, 4) is 0 Å². The van der Waals surface area contributed by atoms with Crippen molar-refractivity contribution < 1.29 is 27.9 Å². The predicted molar refractivity (Wildman–Crippen MR) is 66.2 cm³/mol. The van der Waals surface area contributed by atoms with Gasteiger partial charge < -0.3 is 10.4 Å². The molecule has 0 aromatic heterocycles. The van der Waals surface area contributed by atoms with Gasteiger partial charge >= 0.3 is 11.5 Å². The van der Waals surface area contributed by atoms with E-state index >= 15 is 0 Å². The largest absolute Gasteiger partial charge is 0.481 e. The summed E-state index contributed by atoms with van der Waals surface area (Å²) in [5.74, 6) is -3.04. The molecule has 1 aromatic rings. The summed E-state index contributed by atoms with van der Waals surface area (Å²) < 4.78 is 37.1. The lowest BCUT2D eigenvalue weighted by molar-refractivity contribution is -0.139. The standard InChI is InChI=1S/C12H10F3NO3S/c13-12(14,15)20-9-4-2-1-3-8(9)16-10(17)6-5-7(6)11(18)19/h1-4,6-7H,5H2,(H,16,17)(H,18,19). The summed E-state index contributed by atoms with van der Waals surface area (Å²) in [5.41, 5.74) is -4.42. The third kappa shape index (κ3) is 3.66. The zero-order valence-electron chi connectivity index (χ0n) is 9.98. The van der Waals surface area contributed by atoms with Gasteiger partial charge in [0.2, 0.25) is 5.91 Å². The molecule has 0 spiro atoms. The van der Waals surface area contributed by atoms with Gasteiger partial charge in [-0.05, 0) is 30.3 Å². The number of alkyl halides is 3. The topological polar surface area (TPSA) is 66.4 Å². The maximum atomic E-state index is 12.4. The van der Waals surface area contributed by atoms with Crippen LogP contribution in [-0.4, -0.2) is 22.5 Å². The number of hydrogen-bond acceptors (Lipinski definition) is 3. The van der Waals surface area contributed by atoms with Crippen molar-refractivity contribution in [2.24, 2.45) is 11.8 Å². The van der Waals surface area contributed by atoms with E-state index in [4.69, 9.17) is 5.11 Å². The van der Waals surface area contributed by atoms with Crippen molar-refractivity contribution in [1.82, 2.24) is 0 Å². The van der Waals surface area contributed by atoms with E-state index in [9.17, 15) is 22.8 Å². The Morgan fingerprint density at radius 3 is 2.45 bits per heavy atom. The Bertz CT molecular complexity index is 547. The average molecular weight is 305 g/mol. The smallest absolute Gasteiger partial charge is 0.446 e. The highest BCUT2D eigenvalue weighted by Crippen LogP contribution is 2.42. The van der Waals surface area contributed by atoms with Crippen LogP contribution in [0.15, 0.2) is 29.2 Å². The second kappa shape index (κ2) is 5.35. The number of carboxylic acid groups (broad SMARTS) is 1. The number of amides is 1. The molecule has 1 aromatic carbocycles. The summed E-state index contributed by atoms with van der Waals surface area (Å²) in [6, 6.07) is 5.53. The number of thioether (sulfide) groups is 1. The fraction of sp³-hybridized carbons (Fsp3) is 0.333. The Morgan fingerprint density at radius 2 is 1.90 bits per heavy atom. The quantitative estimate of drug-likeness (QED) is 0.839. The van der Waals surface area contributed by atoms with Crippen molar-refractivity contribution in [2.75, 3.05) is 5.32 Å². The van der Waals surface area contributed by atoms with Gasteiger partial charge in [-0.3, -0.25) is 9.59 Å². The molecule has 20 heavy (non-hydrogen) atoms. The minimum atomic E-state index is -4.45. The van der Waals surface area contributed by atoms with Gasteiger partial charge in [-0.1, -0.05) is 12.1 Å². The van der Waals surface area contributed by atoms with Gasteiger partial charge in [0.05, 0.1) is 17.5 Å². The molecule has 1 fully saturated rings. The number of carbonyl (C=O) groups is 2. The normalized spacial score (nSPS) is 21.4. The van der Waals surface area contributed by atoms with Crippen LogP contribution in [0.25, 0.3) is 0 Å². The van der Waals surface area contributed by atoms with Crippen LogP contribution in [0.3, 0.4) is 0 Å². The molecule has 2 atom stereocenters. The lowest BCUT2D eigenvalue weighted by Gasteiger charge is -2.11. The van der Waals surface area contributed by atoms with E-state index in [0.717, 1.165) is 0 Å². The molecule has 0 radical (unpaired) electrons. The number of hydrogen-bond donors (Lipinski definition) is 2. The van der Waals surface area contributed by atoms with Crippen molar-refractivity contribution in [3.05, 3.63) is 24.3 Å². The van der Waals surface area contributed by atoms with Gasteiger partial charge in [0, 0.05) is 4.90 Å². The van der Waals surface area contributed by atoms with E-state index in [1.165, 1.54) is 24.3 Å². The molecule has 0 saturated heterocycles. The van der Waals surface area contributed by atoms with Crippen molar-refractivity contribution in [3.63, 3.8) is 0 Å². The van der Waals surface area contributed by atoms with E-state index in [0.29, 0.717) is 0 Å². The number of para-hydroxylation sites is 1. The number of nitrogens with one attached hydrogen (secondary N) is 1. The van der Waals surface area contributed by atoms with Crippen LogP contribution in [0.5, 0.6) is 0 Å². The van der Waals surface area contributed by atoms with Crippen LogP contribution >= 0.6 is 11.8 Å². The summed E-state index contributed by atoms with van der Waals surface area (Å²) in [5, 5.41) is 11.1. The summed E-state index contributed by atoms with van der Waals surface area (Å²) in [7, 11) is 0. The summed E-state index contributed by atoms with van der Waals surface area (Å²) in [4.78, 5) is 22.3. The second-order valence-corrected chi connectivity index (χ2v) is 5.43. The molecule has 1 aliphatic rings. The molecule has 4 nitrogen and oxygen atoms in total. The molecule has 108 valence electrons. The highest BCUT2D eigenvalue weighted by molar-refractivity contribution is 8.00. The Hall–Kier alpha value is -1.70. The first-order valence-electron chi connectivity index (χ1n) is 5.66. The van der Waals surface area contributed by atoms with Gasteiger partial charge in [-0.15, -0.1) is 0 Å². The van der Waals surface area contributed by atoms with E-state index in [-0.39, 0.29) is 28.8 Å².